The van der Waals surface area contributed by atoms with E-state index in [9.17, 15) is 14.4 Å². The van der Waals surface area contributed by atoms with Crippen LogP contribution in [0.2, 0.25) is 0 Å². The number of amides is 1. The Bertz CT molecular complexity index is 1280. The lowest BCUT2D eigenvalue weighted by Crippen LogP contribution is -2.58. The van der Waals surface area contributed by atoms with Crippen molar-refractivity contribution in [2.45, 2.75) is 77.9 Å². The van der Waals surface area contributed by atoms with Gasteiger partial charge in [0.15, 0.2) is 5.78 Å². The average Bonchev–Trinajstić information content (AvgIpc) is 3.30. The Morgan fingerprint density at radius 1 is 0.925 bits per heavy atom. The number of rotatable bonds is 5. The van der Waals surface area contributed by atoms with Crippen LogP contribution in [0, 0.1) is 34.5 Å². The van der Waals surface area contributed by atoms with E-state index in [0.717, 1.165) is 43.2 Å². The molecule has 0 radical (unpaired) electrons. The van der Waals surface area contributed by atoms with Crippen LogP contribution >= 0.6 is 0 Å². The van der Waals surface area contributed by atoms with Crippen molar-refractivity contribution in [2.24, 2.45) is 34.5 Å². The highest BCUT2D eigenvalue weighted by Gasteiger charge is 2.63. The van der Waals surface area contributed by atoms with Gasteiger partial charge >= 0.3 is 6.09 Å². The number of alkyl carbamates (subject to hydrolysis) is 1. The van der Waals surface area contributed by atoms with Gasteiger partial charge in [-0.15, -0.1) is 0 Å². The molecule has 7 atom stereocenters. The van der Waals surface area contributed by atoms with Crippen LogP contribution in [-0.2, 0) is 14.3 Å². The fourth-order valence-electron chi connectivity index (χ4n) is 9.37. The molecular formula is C35H41NO4. The summed E-state index contributed by atoms with van der Waals surface area (Å²) in [5.41, 5.74) is 2.86. The number of ether oxygens (including phenoxy) is 1. The summed E-state index contributed by atoms with van der Waals surface area (Å²) < 4.78 is 6.50. The lowest BCUT2D eigenvalue weighted by molar-refractivity contribution is -0.144. The van der Waals surface area contributed by atoms with Gasteiger partial charge in [-0.25, -0.2) is 4.79 Å². The highest BCUT2D eigenvalue weighted by Crippen LogP contribution is 2.67. The highest BCUT2D eigenvalue weighted by atomic mass is 16.6. The summed E-state index contributed by atoms with van der Waals surface area (Å²) >= 11 is 0. The summed E-state index contributed by atoms with van der Waals surface area (Å²) in [4.78, 5) is 39.0. The second-order valence-electron chi connectivity index (χ2n) is 13.2. The van der Waals surface area contributed by atoms with Crippen LogP contribution in [0.25, 0.3) is 0 Å². The molecule has 0 saturated heterocycles. The van der Waals surface area contributed by atoms with E-state index < -0.39 is 6.09 Å². The molecule has 3 fully saturated rings. The van der Waals surface area contributed by atoms with Crippen molar-refractivity contribution >= 4 is 17.7 Å². The fourth-order valence-corrected chi connectivity index (χ4v) is 9.37. The van der Waals surface area contributed by atoms with Crippen LogP contribution in [0.5, 0.6) is 0 Å². The third-order valence-electron chi connectivity index (χ3n) is 11.1. The largest absolute Gasteiger partial charge is 0.446 e. The molecule has 0 spiro atoms. The zero-order valence-electron chi connectivity index (χ0n) is 23.9. The predicted molar refractivity (Wildman–Crippen MR) is 154 cm³/mol. The van der Waals surface area contributed by atoms with Crippen molar-refractivity contribution in [2.75, 3.05) is 0 Å². The Morgan fingerprint density at radius 3 is 2.20 bits per heavy atom. The maximum atomic E-state index is 13.8. The molecule has 0 bridgehead atoms. The Balaban J connectivity index is 1.34. The first-order valence-electron chi connectivity index (χ1n) is 15.0. The topological polar surface area (TPSA) is 72.5 Å². The molecule has 40 heavy (non-hydrogen) atoms. The number of hydrogen-bond donors (Lipinski definition) is 1. The molecule has 5 heteroatoms. The molecule has 4 aliphatic carbocycles. The number of Topliss-reactive ketones (excluding diaryl/α,β-unsaturated/α-hetero) is 1. The molecule has 4 aliphatic rings. The normalized spacial score (nSPS) is 34.8. The van der Waals surface area contributed by atoms with Gasteiger partial charge in [0.05, 0.1) is 6.04 Å². The van der Waals surface area contributed by atoms with Gasteiger partial charge in [0.2, 0.25) is 0 Å². The first-order chi connectivity index (χ1) is 19.2. The monoisotopic (exact) mass is 539 g/mol. The molecule has 0 heterocycles. The number of carbonyl (C=O) groups excluding carboxylic acids is 3. The van der Waals surface area contributed by atoms with Crippen LogP contribution in [0.1, 0.15) is 82.9 Å². The van der Waals surface area contributed by atoms with E-state index in [0.29, 0.717) is 24.7 Å². The minimum Gasteiger partial charge on any atom is -0.446 e. The van der Waals surface area contributed by atoms with E-state index in [2.05, 4.69) is 19.2 Å². The van der Waals surface area contributed by atoms with Crippen molar-refractivity contribution < 1.29 is 19.1 Å². The molecule has 210 valence electrons. The molecule has 3 saturated carbocycles. The molecule has 2 aromatic rings. The summed E-state index contributed by atoms with van der Waals surface area (Å²) in [5, 5.41) is 3.19. The van der Waals surface area contributed by atoms with Crippen molar-refractivity contribution in [1.82, 2.24) is 5.32 Å². The first-order valence-corrected chi connectivity index (χ1v) is 15.0. The Labute approximate surface area is 237 Å². The SMILES string of the molecule is CC(=O)[C@H]1CCC2C3CCC4=CC(=O)CC[C@]4(C)C3C(OC(=O)NC(c3ccccc3)c3ccccc3)C[C@@]21C. The maximum Gasteiger partial charge on any atom is 0.408 e. The summed E-state index contributed by atoms with van der Waals surface area (Å²) in [7, 11) is 0. The van der Waals surface area contributed by atoms with Gasteiger partial charge in [0.25, 0.3) is 0 Å². The third-order valence-corrected chi connectivity index (χ3v) is 11.1. The second kappa shape index (κ2) is 10.3. The maximum absolute atomic E-state index is 13.8. The van der Waals surface area contributed by atoms with Crippen LogP contribution < -0.4 is 5.32 Å². The van der Waals surface area contributed by atoms with E-state index in [-0.39, 0.29) is 46.4 Å². The van der Waals surface area contributed by atoms with E-state index in [1.807, 2.05) is 66.7 Å². The van der Waals surface area contributed by atoms with E-state index >= 15 is 0 Å². The van der Waals surface area contributed by atoms with Gasteiger partial charge in [0, 0.05) is 18.3 Å². The van der Waals surface area contributed by atoms with Crippen molar-refractivity contribution in [3.63, 3.8) is 0 Å². The van der Waals surface area contributed by atoms with Crippen LogP contribution in [0.3, 0.4) is 0 Å². The molecule has 2 aromatic carbocycles. The molecule has 1 amide bonds. The van der Waals surface area contributed by atoms with E-state index in [4.69, 9.17) is 4.74 Å². The Morgan fingerprint density at radius 2 is 1.57 bits per heavy atom. The molecule has 0 aliphatic heterocycles. The van der Waals surface area contributed by atoms with Gasteiger partial charge in [0.1, 0.15) is 11.9 Å². The van der Waals surface area contributed by atoms with Crippen molar-refractivity contribution in [1.29, 1.82) is 0 Å². The van der Waals surface area contributed by atoms with Crippen LogP contribution in [0.15, 0.2) is 72.3 Å². The Hall–Kier alpha value is -3.21. The lowest BCUT2D eigenvalue weighted by Gasteiger charge is -2.60. The van der Waals surface area contributed by atoms with Gasteiger partial charge in [-0.1, -0.05) is 80.1 Å². The minimum atomic E-state index is -0.424. The summed E-state index contributed by atoms with van der Waals surface area (Å²) in [5.74, 6) is 1.43. The molecule has 1 N–H and O–H groups in total. The fraction of sp³-hybridized carbons (Fsp3) is 0.514. The highest BCUT2D eigenvalue weighted by molar-refractivity contribution is 5.91. The number of fused-ring (bicyclic) bond motifs is 5. The predicted octanol–water partition coefficient (Wildman–Crippen LogP) is 7.22. The quantitative estimate of drug-likeness (QED) is 0.435. The number of carbonyl (C=O) groups is 3. The van der Waals surface area contributed by atoms with Crippen LogP contribution in [-0.4, -0.2) is 23.8 Å². The number of hydrogen-bond acceptors (Lipinski definition) is 4. The Kier molecular flexibility index (Phi) is 6.96. The van der Waals surface area contributed by atoms with Gasteiger partial charge < -0.3 is 10.1 Å². The van der Waals surface area contributed by atoms with Crippen molar-refractivity contribution in [3.05, 3.63) is 83.4 Å². The summed E-state index contributed by atoms with van der Waals surface area (Å²) in [6.07, 6.45) is 7.06. The number of benzene rings is 2. The lowest BCUT2D eigenvalue weighted by atomic mass is 9.46. The summed E-state index contributed by atoms with van der Waals surface area (Å²) in [6, 6.07) is 19.6. The third kappa shape index (κ3) is 4.52. The van der Waals surface area contributed by atoms with E-state index in [1.165, 1.54) is 5.57 Å². The number of ketones is 2. The van der Waals surface area contributed by atoms with Crippen LogP contribution in [0.4, 0.5) is 4.79 Å². The molecule has 5 nitrogen and oxygen atoms in total. The van der Waals surface area contributed by atoms with Crippen molar-refractivity contribution in [3.8, 4) is 0 Å². The summed E-state index contributed by atoms with van der Waals surface area (Å²) in [6.45, 7) is 6.30. The zero-order chi connectivity index (χ0) is 28.1. The average molecular weight is 540 g/mol. The van der Waals surface area contributed by atoms with Gasteiger partial charge in [-0.05, 0) is 85.3 Å². The smallest absolute Gasteiger partial charge is 0.408 e. The zero-order valence-corrected chi connectivity index (χ0v) is 23.9. The minimum absolute atomic E-state index is 0.00618. The standard InChI is InChI=1S/C35H41NO4/c1-22(37)28-16-17-29-27-15-14-25-20-26(38)18-19-34(25,2)31(27)30(21-35(28,29)3)40-33(39)36-32(23-10-6-4-7-11-23)24-12-8-5-9-13-24/h4-13,20,27-32H,14-19,21H2,1-3H3,(H,36,39)/t27?,28-,29?,30?,31?,34+,35-/m1/s1. The number of nitrogens with one attached hydrogen (secondary N) is 1. The van der Waals surface area contributed by atoms with E-state index in [1.54, 1.807) is 6.92 Å². The molecule has 0 aromatic heterocycles. The first kappa shape index (κ1) is 27.0. The molecule has 6 rings (SSSR count). The molecular weight excluding hydrogens is 498 g/mol. The van der Waals surface area contributed by atoms with Gasteiger partial charge in [-0.3, -0.25) is 9.59 Å². The molecule has 4 unspecified atom stereocenters. The van der Waals surface area contributed by atoms with Gasteiger partial charge in [-0.2, -0.15) is 0 Å². The number of allylic oxidation sites excluding steroid dienone is 1. The second-order valence-corrected chi connectivity index (χ2v) is 13.2.